The first-order chi connectivity index (χ1) is 15.0. The molecule has 6 nitrogen and oxygen atoms in total. The molecule has 0 fully saturated rings. The minimum Gasteiger partial charge on any atom is -0.486 e. The third-order valence-corrected chi connectivity index (χ3v) is 5.64. The van der Waals surface area contributed by atoms with Crippen LogP contribution >= 0.6 is 11.6 Å². The van der Waals surface area contributed by atoms with E-state index >= 15 is 0 Å². The molecule has 2 aromatic carbocycles. The molecule has 0 radical (unpaired) electrons. The Kier molecular flexibility index (Phi) is 8.18. The van der Waals surface area contributed by atoms with E-state index in [9.17, 15) is 9.59 Å². The lowest BCUT2D eigenvalue weighted by molar-refractivity contribution is -0.141. The van der Waals surface area contributed by atoms with Crippen LogP contribution in [-0.2, 0) is 22.6 Å². The van der Waals surface area contributed by atoms with Gasteiger partial charge in [0.2, 0.25) is 11.8 Å². The molecule has 1 aliphatic rings. The fourth-order valence-corrected chi connectivity index (χ4v) is 3.86. The van der Waals surface area contributed by atoms with Crippen molar-refractivity contribution in [1.82, 2.24) is 10.2 Å². The number of hydrogen-bond donors (Lipinski definition) is 1. The molecule has 166 valence electrons. The summed E-state index contributed by atoms with van der Waals surface area (Å²) in [7, 11) is 0. The Bertz CT molecular complexity index is 918. The molecular formula is C24H29ClN2O4. The standard InChI is InChI=1S/C24H29ClN2O4/c1-3-20(24(29)26-4-2)27(16-18-7-5-6-8-19(18)25)23(28)12-10-17-9-11-21-22(15-17)31-14-13-30-21/h5-9,11,15,20H,3-4,10,12-14,16H2,1-2H3,(H,26,29). The summed E-state index contributed by atoms with van der Waals surface area (Å²) in [4.78, 5) is 27.6. The summed E-state index contributed by atoms with van der Waals surface area (Å²) in [6.07, 6.45) is 1.34. The third-order valence-electron chi connectivity index (χ3n) is 5.27. The minimum absolute atomic E-state index is 0.0899. The number of rotatable bonds is 9. The van der Waals surface area contributed by atoms with E-state index in [-0.39, 0.29) is 24.8 Å². The zero-order chi connectivity index (χ0) is 22.2. The van der Waals surface area contributed by atoms with Gasteiger partial charge in [0, 0.05) is 24.5 Å². The van der Waals surface area contributed by atoms with Gasteiger partial charge in [0.25, 0.3) is 0 Å². The van der Waals surface area contributed by atoms with Crippen molar-refractivity contribution in [1.29, 1.82) is 0 Å². The molecule has 1 heterocycles. The van der Waals surface area contributed by atoms with Crippen molar-refractivity contribution in [2.24, 2.45) is 0 Å². The van der Waals surface area contributed by atoms with E-state index in [2.05, 4.69) is 5.32 Å². The minimum atomic E-state index is -0.552. The van der Waals surface area contributed by atoms with Gasteiger partial charge >= 0.3 is 0 Å². The number of ether oxygens (including phenoxy) is 2. The Morgan fingerprint density at radius 2 is 1.84 bits per heavy atom. The van der Waals surface area contributed by atoms with Crippen LogP contribution in [0.5, 0.6) is 11.5 Å². The van der Waals surface area contributed by atoms with E-state index in [1.807, 2.05) is 50.2 Å². The van der Waals surface area contributed by atoms with Crippen LogP contribution in [0, 0.1) is 0 Å². The summed E-state index contributed by atoms with van der Waals surface area (Å²) in [5, 5.41) is 3.43. The van der Waals surface area contributed by atoms with Gasteiger partial charge in [-0.05, 0) is 49.1 Å². The lowest BCUT2D eigenvalue weighted by atomic mass is 10.1. The normalized spacial score (nSPS) is 13.4. The molecule has 0 spiro atoms. The molecule has 0 saturated heterocycles. The van der Waals surface area contributed by atoms with Crippen LogP contribution in [0.25, 0.3) is 0 Å². The number of benzene rings is 2. The van der Waals surface area contributed by atoms with Crippen LogP contribution in [0.2, 0.25) is 5.02 Å². The third kappa shape index (κ3) is 5.91. The van der Waals surface area contributed by atoms with Crippen molar-refractivity contribution < 1.29 is 19.1 Å². The van der Waals surface area contributed by atoms with Gasteiger partial charge in [0.05, 0.1) is 0 Å². The first-order valence-corrected chi connectivity index (χ1v) is 11.1. The topological polar surface area (TPSA) is 67.9 Å². The summed E-state index contributed by atoms with van der Waals surface area (Å²) in [6.45, 7) is 5.64. The highest BCUT2D eigenvalue weighted by molar-refractivity contribution is 6.31. The number of hydrogen-bond acceptors (Lipinski definition) is 4. The molecular weight excluding hydrogens is 416 g/mol. The molecule has 7 heteroatoms. The number of nitrogens with one attached hydrogen (secondary N) is 1. The van der Waals surface area contributed by atoms with Crippen molar-refractivity contribution in [2.75, 3.05) is 19.8 Å². The van der Waals surface area contributed by atoms with Gasteiger partial charge in [-0.3, -0.25) is 9.59 Å². The van der Waals surface area contributed by atoms with E-state index in [0.717, 1.165) is 16.9 Å². The maximum absolute atomic E-state index is 13.3. The Balaban J connectivity index is 1.76. The lowest BCUT2D eigenvalue weighted by Crippen LogP contribution is -2.49. The van der Waals surface area contributed by atoms with Gasteiger partial charge in [-0.1, -0.05) is 42.8 Å². The molecule has 1 atom stereocenters. The average Bonchev–Trinajstić information content (AvgIpc) is 2.78. The van der Waals surface area contributed by atoms with E-state index < -0.39 is 6.04 Å². The second-order valence-electron chi connectivity index (χ2n) is 7.41. The summed E-state index contributed by atoms with van der Waals surface area (Å²) in [5.41, 5.74) is 1.81. The number of fused-ring (bicyclic) bond motifs is 1. The lowest BCUT2D eigenvalue weighted by Gasteiger charge is -2.31. The molecule has 0 aliphatic carbocycles. The first kappa shape index (κ1) is 22.9. The van der Waals surface area contributed by atoms with Crippen molar-refractivity contribution in [2.45, 2.75) is 45.7 Å². The van der Waals surface area contributed by atoms with E-state index in [1.54, 1.807) is 11.0 Å². The van der Waals surface area contributed by atoms with Gasteiger partial charge in [-0.15, -0.1) is 0 Å². The largest absolute Gasteiger partial charge is 0.486 e. The Morgan fingerprint density at radius 1 is 1.10 bits per heavy atom. The van der Waals surface area contributed by atoms with Crippen LogP contribution < -0.4 is 14.8 Å². The fourth-order valence-electron chi connectivity index (χ4n) is 3.66. The highest BCUT2D eigenvalue weighted by Gasteiger charge is 2.28. The number of carbonyl (C=O) groups is 2. The average molecular weight is 445 g/mol. The smallest absolute Gasteiger partial charge is 0.242 e. The maximum Gasteiger partial charge on any atom is 0.242 e. The van der Waals surface area contributed by atoms with E-state index in [1.165, 1.54) is 0 Å². The second-order valence-corrected chi connectivity index (χ2v) is 7.82. The molecule has 3 rings (SSSR count). The van der Waals surface area contributed by atoms with Crippen molar-refractivity contribution in [3.8, 4) is 11.5 Å². The zero-order valence-electron chi connectivity index (χ0n) is 18.0. The van der Waals surface area contributed by atoms with Crippen LogP contribution in [-0.4, -0.2) is 42.5 Å². The van der Waals surface area contributed by atoms with Gasteiger partial charge in [-0.25, -0.2) is 0 Å². The molecule has 1 N–H and O–H groups in total. The molecule has 2 amide bonds. The van der Waals surface area contributed by atoms with Crippen LogP contribution in [0.3, 0.4) is 0 Å². The van der Waals surface area contributed by atoms with Crippen LogP contribution in [0.15, 0.2) is 42.5 Å². The highest BCUT2D eigenvalue weighted by atomic mass is 35.5. The molecule has 1 unspecified atom stereocenters. The van der Waals surface area contributed by atoms with Gasteiger partial charge < -0.3 is 19.7 Å². The zero-order valence-corrected chi connectivity index (χ0v) is 18.8. The monoisotopic (exact) mass is 444 g/mol. The summed E-state index contributed by atoms with van der Waals surface area (Å²) < 4.78 is 11.2. The molecule has 2 aromatic rings. The number of carbonyl (C=O) groups excluding carboxylic acids is 2. The van der Waals surface area contributed by atoms with Crippen molar-refractivity contribution in [3.63, 3.8) is 0 Å². The number of aryl methyl sites for hydroxylation is 1. The van der Waals surface area contributed by atoms with Crippen LogP contribution in [0.4, 0.5) is 0 Å². The van der Waals surface area contributed by atoms with Gasteiger partial charge in [0.15, 0.2) is 11.5 Å². The van der Waals surface area contributed by atoms with Gasteiger partial charge in [-0.2, -0.15) is 0 Å². The quantitative estimate of drug-likeness (QED) is 0.635. The predicted octanol–water partition coefficient (Wildman–Crippen LogP) is 3.99. The highest BCUT2D eigenvalue weighted by Crippen LogP contribution is 2.31. The van der Waals surface area contributed by atoms with E-state index in [4.69, 9.17) is 21.1 Å². The van der Waals surface area contributed by atoms with Crippen molar-refractivity contribution in [3.05, 3.63) is 58.6 Å². The predicted molar refractivity (Wildman–Crippen MR) is 121 cm³/mol. The molecule has 0 bridgehead atoms. The molecule has 1 aliphatic heterocycles. The molecule has 0 aromatic heterocycles. The summed E-state index contributed by atoms with van der Waals surface area (Å²) in [5.74, 6) is 1.19. The fraction of sp³-hybridized carbons (Fsp3) is 0.417. The summed E-state index contributed by atoms with van der Waals surface area (Å²) in [6, 6.07) is 12.6. The Labute approximate surface area is 188 Å². The maximum atomic E-state index is 13.3. The van der Waals surface area contributed by atoms with Gasteiger partial charge in [0.1, 0.15) is 19.3 Å². The number of nitrogens with zero attached hydrogens (tertiary/aromatic N) is 1. The van der Waals surface area contributed by atoms with Crippen LogP contribution in [0.1, 0.15) is 37.8 Å². The van der Waals surface area contributed by atoms with E-state index in [0.29, 0.717) is 43.4 Å². The SMILES string of the molecule is CCNC(=O)C(CC)N(Cc1ccccc1Cl)C(=O)CCc1ccc2c(c1)OCCO2. The van der Waals surface area contributed by atoms with Crippen molar-refractivity contribution >= 4 is 23.4 Å². The Morgan fingerprint density at radius 3 is 2.55 bits per heavy atom. The number of halogens is 1. The second kappa shape index (κ2) is 11.0. The number of amides is 2. The Hall–Kier alpha value is -2.73. The first-order valence-electron chi connectivity index (χ1n) is 10.7. The number of likely N-dealkylation sites (N-methyl/N-ethyl adjacent to an activating group) is 1. The molecule has 31 heavy (non-hydrogen) atoms. The molecule has 0 saturated carbocycles. The summed E-state index contributed by atoms with van der Waals surface area (Å²) >= 11 is 6.34.